The van der Waals surface area contributed by atoms with E-state index in [1.54, 1.807) is 32.4 Å². The molecule has 0 spiro atoms. The van der Waals surface area contributed by atoms with Crippen LogP contribution in [0.2, 0.25) is 36.3 Å². The summed E-state index contributed by atoms with van der Waals surface area (Å²) in [6.07, 6.45) is -23.7. The molecule has 6 aliphatic heterocycles. The minimum atomic E-state index is -2.28. The van der Waals surface area contributed by atoms with Crippen molar-refractivity contribution in [3.63, 3.8) is 0 Å². The van der Waals surface area contributed by atoms with Crippen LogP contribution in [0.5, 0.6) is 34.5 Å². The summed E-state index contributed by atoms with van der Waals surface area (Å²) >= 11 is 16.8. The number of aromatic hydroxyl groups is 1. The van der Waals surface area contributed by atoms with Crippen molar-refractivity contribution in [1.29, 1.82) is 5.41 Å². The predicted molar refractivity (Wildman–Crippen MR) is 482 cm³/mol. The Kier molecular flexibility index (Phi) is 42.9. The molecule has 6 saturated heterocycles. The molecule has 0 saturated carbocycles. The Balaban J connectivity index is 0.000000313. The van der Waals surface area contributed by atoms with Crippen molar-refractivity contribution < 1.29 is 160 Å². The number of benzene rings is 3. The molecule has 12 N–H and O–H groups in total. The monoisotopic (exact) mass is 2010 g/mol. The minimum absolute atomic E-state index is 0. The Labute approximate surface area is 779 Å². The van der Waals surface area contributed by atoms with Crippen LogP contribution in [0.15, 0.2) is 54.6 Å². The van der Waals surface area contributed by atoms with Gasteiger partial charge in [-0.25, -0.2) is 0 Å². The predicted octanol–water partition coefficient (Wildman–Crippen LogP) is 10.3. The van der Waals surface area contributed by atoms with Crippen molar-refractivity contribution in [3.8, 4) is 34.5 Å². The third-order valence-electron chi connectivity index (χ3n) is 25.2. The summed E-state index contributed by atoms with van der Waals surface area (Å²) in [6.45, 7) is 41.0. The Bertz CT molecular complexity index is 3990. The largest absolute Gasteiger partial charge is 0.541 e. The molecule has 9 rings (SSSR count). The Morgan fingerprint density at radius 1 is 0.409 bits per heavy atom. The number of hydrogen-bond donors (Lipinski definition) is 12. The van der Waals surface area contributed by atoms with Crippen LogP contribution in [0.25, 0.3) is 0 Å². The number of esters is 4. The highest BCUT2D eigenvalue weighted by molar-refractivity contribution is 14.0. The lowest BCUT2D eigenvalue weighted by Gasteiger charge is -2.48. The van der Waals surface area contributed by atoms with Crippen LogP contribution in [-0.4, -0.2) is 283 Å². The molecular formula is C87H139Cl3INO33Si2. The highest BCUT2D eigenvalue weighted by Crippen LogP contribution is 2.49. The zero-order valence-corrected chi connectivity index (χ0v) is 83.8. The van der Waals surface area contributed by atoms with E-state index in [0.717, 1.165) is 18.4 Å². The first-order chi connectivity index (χ1) is 58.5. The second-order valence-electron chi connectivity index (χ2n) is 36.1. The Morgan fingerprint density at radius 2 is 0.780 bits per heavy atom. The lowest BCUT2D eigenvalue weighted by Crippen LogP contribution is -2.63. The molecule has 3 aromatic rings. The average Bonchev–Trinajstić information content (AvgIpc) is 0.768. The van der Waals surface area contributed by atoms with Crippen LogP contribution in [0, 0.1) is 40.9 Å². The lowest BCUT2D eigenvalue weighted by atomic mass is 9.82. The number of alkyl halides is 3. The molecule has 0 unspecified atom stereocenters. The molecule has 3 aromatic carbocycles. The van der Waals surface area contributed by atoms with Gasteiger partial charge in [-0.05, 0) is 114 Å². The number of carbonyl (C=O) groups is 4. The first-order valence-electron chi connectivity index (χ1n) is 42.4. The molecule has 127 heavy (non-hydrogen) atoms. The van der Waals surface area contributed by atoms with Gasteiger partial charge in [0.05, 0.1) is 71.2 Å². The average molecular weight is 2020 g/mol. The van der Waals surface area contributed by atoms with Gasteiger partial charge in [-0.15, -0.1) is 24.0 Å². The van der Waals surface area contributed by atoms with Crippen molar-refractivity contribution in [2.24, 2.45) is 35.5 Å². The van der Waals surface area contributed by atoms with Gasteiger partial charge < -0.3 is 141 Å². The summed E-state index contributed by atoms with van der Waals surface area (Å²) < 4.78 is 102. The fraction of sp³-hybridized carbons (Fsp3) is 0.736. The maximum atomic E-state index is 12.2. The molecule has 0 aliphatic carbocycles. The summed E-state index contributed by atoms with van der Waals surface area (Å²) in [7, 11) is 0.212. The van der Waals surface area contributed by atoms with Crippen LogP contribution >= 0.6 is 58.8 Å². The molecule has 40 heteroatoms. The number of carbonyl (C=O) groups excluding carboxylic acids is 4. The number of aliphatic hydroxyl groups is 10. The highest BCUT2D eigenvalue weighted by Gasteiger charge is 2.55. The summed E-state index contributed by atoms with van der Waals surface area (Å²) in [5, 5.41) is 121. The molecule has 6 heterocycles. The van der Waals surface area contributed by atoms with E-state index >= 15 is 0 Å². The molecule has 34 nitrogen and oxygen atoms in total. The van der Waals surface area contributed by atoms with Gasteiger partial charge in [-0.3, -0.25) is 24.6 Å². The fourth-order valence-electron chi connectivity index (χ4n) is 14.9. The van der Waals surface area contributed by atoms with Crippen LogP contribution in [0.3, 0.4) is 0 Å². The smallest absolute Gasteiger partial charge is 0.303 e. The number of rotatable bonds is 25. The van der Waals surface area contributed by atoms with Crippen molar-refractivity contribution in [2.45, 2.75) is 325 Å². The van der Waals surface area contributed by atoms with Crippen LogP contribution < -0.4 is 23.1 Å². The number of phenolic OH excluding ortho intramolecular Hbond substituents is 1. The van der Waals surface area contributed by atoms with E-state index in [1.165, 1.54) is 53.0 Å². The highest BCUT2D eigenvalue weighted by atomic mass is 127. The van der Waals surface area contributed by atoms with Gasteiger partial charge in [0.15, 0.2) is 47.8 Å². The van der Waals surface area contributed by atoms with Crippen molar-refractivity contribution >= 4 is 105 Å². The van der Waals surface area contributed by atoms with Crippen LogP contribution in [0.1, 0.15) is 172 Å². The van der Waals surface area contributed by atoms with Gasteiger partial charge in [-0.1, -0.05) is 150 Å². The number of methoxy groups -OCH3 is 3. The maximum absolute atomic E-state index is 12.2. The third kappa shape index (κ3) is 28.8. The Hall–Kier alpha value is -4.88. The zero-order chi connectivity index (χ0) is 95.2. The summed E-state index contributed by atoms with van der Waals surface area (Å²) in [5.74, 6) is -0.940. The SMILES string of the molecule is CC[C@H]1O[C@H](OC(=N)C(Cl)(Cl)Cl)[C@@H](OC(C)=O)[C@@H](C)[C@@H]1C.CC[C@H]1O[C@H](c2ccc(OC)c(O[Si](C)(C)C(C)(C)C)c2)[C@@H](O)[C@@H](O)[C@@H]1C.COc1ccc([C@H]2O[C@H](CO)[C@@H](O)[C@H](O[C@H]3O[C@H](CO)[C@@H](O)[C@H](O)[C@@H]3O)[C@@H]2O)cc1O.COc1ccc([C@H]2O[C@H](COC(C)=O)[C@@H](C)[C@H](O[C@H]3O[C@H](COC(C)=O)[C@@H](C)[C@H](C)[C@@H]3OC(C)=O)[C@@H]2O)cc1O[Si](C)(C)C(C)(C)C.I. The molecule has 0 aromatic heterocycles. The zero-order valence-electron chi connectivity index (χ0n) is 77.2. The standard InChI is InChI=1S/C34H54O12Si.C21H36O5Si.C19H28O12.C13H20Cl3NO4.HI/c1-18-19(2)31(42-23(6)37)33(44-27(18)16-40-21(4)35)45-30-20(3)28(17-41-22(5)36)43-32(29(30)38)24-13-14-25(39-10)26(15-24)46-47(11,12)34(7,8)9;1-9-15-13(2)18(22)19(23)20(25-15)14-10-11-16(24-6)17(12-14)26-27(7,8)21(3,4)5;1-28-9-3-2-7(4-8(9)22)17-16(27)18(13(24)11(6-21)29-17)31-19-15(26)14(25)12(23)10(5-20)30-19;1-5-9-6(2)7(3)10(19-8(4)18)11(20-9)21-12(17)13(14,15)16;/h13-15,18-20,27-33,38H,16-17H2,1-12H3;10-13,15,18-20,22-23H,9H2,1-8H3;2-4,10-27H,5-6H2,1H3;6-7,9-11,17H,5H2,1-4H3;1H/t18-,19-,20+,27+,28+,29-,30-,31-,32+,33+;13-,15-,18+,19+,20-;10-,11-,12-,13-,14+,15+,16-,17-,18+,19-;6-,7-,9+,10-,11+;/m0110./s1. The second-order valence-corrected chi connectivity index (χ2v) is 47.8. The van der Waals surface area contributed by atoms with Gasteiger partial charge in [0.2, 0.25) is 12.2 Å². The van der Waals surface area contributed by atoms with Gasteiger partial charge in [0.25, 0.3) is 20.4 Å². The quantitative estimate of drug-likeness (QED) is 0.00713. The molecule has 30 atom stereocenters. The normalized spacial score (nSPS) is 33.5. The summed E-state index contributed by atoms with van der Waals surface area (Å²) in [6, 6.07) is 15.2. The van der Waals surface area contributed by atoms with Crippen molar-refractivity contribution in [1.82, 2.24) is 0 Å². The third-order valence-corrected chi connectivity index (χ3v) is 34.4. The molecule has 0 radical (unpaired) electrons. The molecular weight excluding hydrogens is 1880 g/mol. The lowest BCUT2D eigenvalue weighted by molar-refractivity contribution is -0.342. The molecule has 726 valence electrons. The maximum Gasteiger partial charge on any atom is 0.303 e. The first kappa shape index (κ1) is 113. The Morgan fingerprint density at radius 3 is 1.20 bits per heavy atom. The van der Waals surface area contributed by atoms with E-state index in [1.807, 2.05) is 73.6 Å². The van der Waals surface area contributed by atoms with Crippen LogP contribution in [-0.2, 0) is 80.8 Å². The number of aliphatic hydroxyl groups excluding tert-OH is 10. The number of nitrogens with one attached hydrogen (secondary N) is 1. The fourth-order valence-corrected chi connectivity index (χ4v) is 17.1. The van der Waals surface area contributed by atoms with Gasteiger partial charge in [0.1, 0.15) is 104 Å². The van der Waals surface area contributed by atoms with E-state index in [2.05, 4.69) is 67.7 Å². The number of phenols is 1. The molecule has 6 fully saturated rings. The van der Waals surface area contributed by atoms with Crippen molar-refractivity contribution in [3.05, 3.63) is 71.3 Å². The first-order valence-corrected chi connectivity index (χ1v) is 49.4. The second kappa shape index (κ2) is 48.4. The number of hydrogen-bond acceptors (Lipinski definition) is 34. The number of halogens is 4. The van der Waals surface area contributed by atoms with Gasteiger partial charge >= 0.3 is 23.9 Å². The molecule has 0 amide bonds. The number of ether oxygens (including phenoxy) is 16. The van der Waals surface area contributed by atoms with E-state index in [9.17, 15) is 75.3 Å². The van der Waals surface area contributed by atoms with Crippen LogP contribution in [0.4, 0.5) is 0 Å². The summed E-state index contributed by atoms with van der Waals surface area (Å²) in [4.78, 5) is 46.9. The van der Waals surface area contributed by atoms with Gasteiger partial charge in [0, 0.05) is 51.4 Å². The van der Waals surface area contributed by atoms with E-state index in [4.69, 9.17) is 125 Å². The van der Waals surface area contributed by atoms with E-state index in [0.29, 0.717) is 34.1 Å². The molecule has 0 bridgehead atoms. The minimum Gasteiger partial charge on any atom is -0.541 e. The molecule has 6 aliphatic rings. The van der Waals surface area contributed by atoms with E-state index in [-0.39, 0.29) is 101 Å². The van der Waals surface area contributed by atoms with Crippen molar-refractivity contribution in [2.75, 3.05) is 47.8 Å². The topological polar surface area (TPSA) is 481 Å². The van der Waals surface area contributed by atoms with Gasteiger partial charge in [-0.2, -0.15) is 0 Å². The summed E-state index contributed by atoms with van der Waals surface area (Å²) in [5.41, 5.74) is 1.69. The van der Waals surface area contributed by atoms with E-state index < -0.39 is 204 Å².